The number of hydrogen-bond acceptors (Lipinski definition) is 3. The number of nitrogens with one attached hydrogen (secondary N) is 2. The summed E-state index contributed by atoms with van der Waals surface area (Å²) in [7, 11) is 1.80. The van der Waals surface area contributed by atoms with Gasteiger partial charge in [-0.3, -0.25) is 4.99 Å². The third kappa shape index (κ3) is 4.60. The van der Waals surface area contributed by atoms with Gasteiger partial charge >= 0.3 is 0 Å². The van der Waals surface area contributed by atoms with Crippen LogP contribution in [0.1, 0.15) is 42.3 Å². The first-order chi connectivity index (χ1) is 11.5. The van der Waals surface area contributed by atoms with Crippen molar-refractivity contribution in [1.29, 1.82) is 0 Å². The van der Waals surface area contributed by atoms with Gasteiger partial charge in [0.1, 0.15) is 5.76 Å². The first kappa shape index (κ1) is 18.0. The molecule has 1 aromatic heterocycles. The number of guanidine groups is 1. The molecule has 0 aliphatic heterocycles. The maximum atomic E-state index is 5.20. The largest absolute Gasteiger partial charge is 0.361 e. The maximum absolute atomic E-state index is 5.20. The third-order valence-electron chi connectivity index (χ3n) is 4.51. The van der Waals surface area contributed by atoms with Crippen molar-refractivity contribution in [3.05, 3.63) is 52.9 Å². The van der Waals surface area contributed by atoms with Gasteiger partial charge < -0.3 is 15.2 Å². The summed E-state index contributed by atoms with van der Waals surface area (Å²) < 4.78 is 5.20. The van der Waals surface area contributed by atoms with E-state index in [-0.39, 0.29) is 6.04 Å². The fraction of sp³-hybridized carbons (Fsp3) is 0.474. The number of hydrogen-bond donors (Lipinski definition) is 2. The highest BCUT2D eigenvalue weighted by Crippen LogP contribution is 2.18. The molecule has 0 saturated carbocycles. The van der Waals surface area contributed by atoms with E-state index in [0.717, 1.165) is 30.4 Å². The molecule has 2 aromatic rings. The SMILES string of the molecule is CN=C(NCCc1c(C)noc1C)NC(C)C(C)c1ccccc1. The van der Waals surface area contributed by atoms with Crippen LogP contribution in [0.2, 0.25) is 0 Å². The standard InChI is InChI=1S/C19H28N4O/c1-13(17-9-7-6-8-10-17)14(2)22-19(20-5)21-12-11-18-15(3)23-24-16(18)4/h6-10,13-14H,11-12H2,1-5H3,(H2,20,21,22). The quantitative estimate of drug-likeness (QED) is 0.631. The van der Waals surface area contributed by atoms with Crippen LogP contribution in [0.15, 0.2) is 39.8 Å². The molecule has 130 valence electrons. The van der Waals surface area contributed by atoms with Gasteiger partial charge in [0.25, 0.3) is 0 Å². The van der Waals surface area contributed by atoms with Crippen LogP contribution in [-0.2, 0) is 6.42 Å². The van der Waals surface area contributed by atoms with Gasteiger partial charge in [0.15, 0.2) is 5.96 Å². The van der Waals surface area contributed by atoms with Crippen LogP contribution in [0, 0.1) is 13.8 Å². The van der Waals surface area contributed by atoms with E-state index in [1.807, 2.05) is 19.9 Å². The van der Waals surface area contributed by atoms with E-state index in [9.17, 15) is 0 Å². The van der Waals surface area contributed by atoms with Gasteiger partial charge in [0, 0.05) is 31.1 Å². The third-order valence-corrected chi connectivity index (χ3v) is 4.51. The minimum atomic E-state index is 0.276. The van der Waals surface area contributed by atoms with Gasteiger partial charge in [0.05, 0.1) is 5.69 Å². The Balaban J connectivity index is 1.86. The Morgan fingerprint density at radius 2 is 1.92 bits per heavy atom. The number of nitrogens with zero attached hydrogens (tertiary/aromatic N) is 2. The van der Waals surface area contributed by atoms with Crippen molar-refractivity contribution in [2.75, 3.05) is 13.6 Å². The van der Waals surface area contributed by atoms with E-state index < -0.39 is 0 Å². The number of aliphatic imine (C=N–C) groups is 1. The molecule has 0 amide bonds. The monoisotopic (exact) mass is 328 g/mol. The Labute approximate surface area is 144 Å². The van der Waals surface area contributed by atoms with E-state index in [0.29, 0.717) is 5.92 Å². The molecule has 0 aliphatic rings. The minimum Gasteiger partial charge on any atom is -0.361 e. The molecule has 0 bridgehead atoms. The highest BCUT2D eigenvalue weighted by molar-refractivity contribution is 5.80. The van der Waals surface area contributed by atoms with Crippen LogP contribution >= 0.6 is 0 Å². The lowest BCUT2D eigenvalue weighted by atomic mass is 9.94. The van der Waals surface area contributed by atoms with E-state index in [2.05, 4.69) is 58.9 Å². The Morgan fingerprint density at radius 1 is 1.21 bits per heavy atom. The summed E-state index contributed by atoms with van der Waals surface area (Å²) in [6.07, 6.45) is 0.866. The van der Waals surface area contributed by atoms with Crippen molar-refractivity contribution in [3.8, 4) is 0 Å². The van der Waals surface area contributed by atoms with Gasteiger partial charge in [0.2, 0.25) is 0 Å². The van der Waals surface area contributed by atoms with E-state index in [4.69, 9.17) is 4.52 Å². The van der Waals surface area contributed by atoms with Gasteiger partial charge in [-0.15, -0.1) is 0 Å². The zero-order valence-corrected chi connectivity index (χ0v) is 15.3. The molecule has 2 N–H and O–H groups in total. The second-order valence-electron chi connectivity index (χ2n) is 6.18. The molecule has 24 heavy (non-hydrogen) atoms. The van der Waals surface area contributed by atoms with Crippen molar-refractivity contribution < 1.29 is 4.52 Å². The molecule has 5 nitrogen and oxygen atoms in total. The average molecular weight is 328 g/mol. The average Bonchev–Trinajstić information content (AvgIpc) is 2.92. The summed E-state index contributed by atoms with van der Waals surface area (Å²) in [4.78, 5) is 4.32. The number of rotatable bonds is 6. The predicted molar refractivity (Wildman–Crippen MR) is 98.5 cm³/mol. The Morgan fingerprint density at radius 3 is 2.50 bits per heavy atom. The molecular formula is C19H28N4O. The van der Waals surface area contributed by atoms with Gasteiger partial charge in [-0.05, 0) is 32.8 Å². The lowest BCUT2D eigenvalue weighted by Gasteiger charge is -2.24. The second-order valence-corrected chi connectivity index (χ2v) is 6.18. The number of aryl methyl sites for hydroxylation is 2. The molecule has 0 spiro atoms. The Kier molecular flexibility index (Phi) is 6.41. The molecule has 0 fully saturated rings. The van der Waals surface area contributed by atoms with Crippen molar-refractivity contribution in [2.45, 2.75) is 46.1 Å². The summed E-state index contributed by atoms with van der Waals surface area (Å²) >= 11 is 0. The molecule has 2 atom stereocenters. The molecule has 1 heterocycles. The van der Waals surface area contributed by atoms with Gasteiger partial charge in [-0.1, -0.05) is 42.4 Å². The molecule has 5 heteroatoms. The zero-order chi connectivity index (χ0) is 17.5. The van der Waals surface area contributed by atoms with E-state index in [1.54, 1.807) is 7.05 Å². The fourth-order valence-corrected chi connectivity index (χ4v) is 2.75. The summed E-state index contributed by atoms with van der Waals surface area (Å²) in [5.74, 6) is 2.10. The lowest BCUT2D eigenvalue weighted by Crippen LogP contribution is -2.44. The van der Waals surface area contributed by atoms with E-state index in [1.165, 1.54) is 11.1 Å². The minimum absolute atomic E-state index is 0.276. The van der Waals surface area contributed by atoms with Crippen molar-refractivity contribution in [1.82, 2.24) is 15.8 Å². The van der Waals surface area contributed by atoms with Crippen molar-refractivity contribution >= 4 is 5.96 Å². The van der Waals surface area contributed by atoms with Crippen LogP contribution in [-0.4, -0.2) is 30.8 Å². The van der Waals surface area contributed by atoms with Crippen LogP contribution in [0.4, 0.5) is 0 Å². The van der Waals surface area contributed by atoms with Crippen molar-refractivity contribution in [2.24, 2.45) is 4.99 Å². The number of aromatic nitrogens is 1. The lowest BCUT2D eigenvalue weighted by molar-refractivity contribution is 0.392. The normalized spacial score (nSPS) is 14.3. The molecule has 0 aliphatic carbocycles. The summed E-state index contributed by atoms with van der Waals surface area (Å²) in [6.45, 7) is 9.12. The predicted octanol–water partition coefficient (Wildman–Crippen LogP) is 3.19. The topological polar surface area (TPSA) is 62.5 Å². The van der Waals surface area contributed by atoms with Crippen molar-refractivity contribution in [3.63, 3.8) is 0 Å². The van der Waals surface area contributed by atoms with Gasteiger partial charge in [-0.2, -0.15) is 0 Å². The zero-order valence-electron chi connectivity index (χ0n) is 15.3. The molecule has 1 aromatic carbocycles. The van der Waals surface area contributed by atoms with Crippen LogP contribution in [0.5, 0.6) is 0 Å². The highest BCUT2D eigenvalue weighted by atomic mass is 16.5. The van der Waals surface area contributed by atoms with Crippen LogP contribution in [0.3, 0.4) is 0 Å². The molecular weight excluding hydrogens is 300 g/mol. The maximum Gasteiger partial charge on any atom is 0.191 e. The molecule has 2 rings (SSSR count). The summed E-state index contributed by atoms with van der Waals surface area (Å²) in [5.41, 5.74) is 3.45. The molecule has 0 radical (unpaired) electrons. The highest BCUT2D eigenvalue weighted by Gasteiger charge is 2.15. The van der Waals surface area contributed by atoms with Crippen LogP contribution < -0.4 is 10.6 Å². The first-order valence-corrected chi connectivity index (χ1v) is 8.46. The van der Waals surface area contributed by atoms with Gasteiger partial charge in [-0.25, -0.2) is 0 Å². The number of benzene rings is 1. The molecule has 0 saturated heterocycles. The summed E-state index contributed by atoms with van der Waals surface area (Å²) in [6, 6.07) is 10.8. The van der Waals surface area contributed by atoms with Crippen LogP contribution in [0.25, 0.3) is 0 Å². The Bertz CT molecular complexity index is 644. The first-order valence-electron chi connectivity index (χ1n) is 8.46. The second kappa shape index (κ2) is 8.52. The fourth-order valence-electron chi connectivity index (χ4n) is 2.75. The van der Waals surface area contributed by atoms with E-state index >= 15 is 0 Å². The Hall–Kier alpha value is -2.30. The summed E-state index contributed by atoms with van der Waals surface area (Å²) in [5, 5.41) is 10.8. The smallest absolute Gasteiger partial charge is 0.191 e. The molecule has 2 unspecified atom stereocenters.